The first-order chi connectivity index (χ1) is 8.54. The van der Waals surface area contributed by atoms with E-state index in [1.807, 2.05) is 0 Å². The minimum atomic E-state index is 0.0414. The number of hydrogen-bond donors (Lipinski definition) is 0. The van der Waals surface area contributed by atoms with Crippen LogP contribution in [0.1, 0.15) is 52.9 Å². The Morgan fingerprint density at radius 2 is 1.56 bits per heavy atom. The molecule has 0 spiro atoms. The van der Waals surface area contributed by atoms with E-state index in [2.05, 4.69) is 13.5 Å². The largest absolute Gasteiger partial charge is 0.289 e. The lowest BCUT2D eigenvalue weighted by Gasteiger charge is -2.20. The summed E-state index contributed by atoms with van der Waals surface area (Å²) in [4.78, 5) is 24.5. The number of allylic oxidation sites excluding steroid dienone is 5. The topological polar surface area (TPSA) is 34.1 Å². The average molecular weight is 246 g/mol. The zero-order chi connectivity index (χ0) is 13.7. The van der Waals surface area contributed by atoms with Crippen molar-refractivity contribution < 1.29 is 9.59 Å². The van der Waals surface area contributed by atoms with Crippen LogP contribution in [0.4, 0.5) is 0 Å². The van der Waals surface area contributed by atoms with Crippen LogP contribution in [0.5, 0.6) is 0 Å². The van der Waals surface area contributed by atoms with E-state index >= 15 is 0 Å². The molecule has 0 bridgehead atoms. The molecule has 0 amide bonds. The van der Waals surface area contributed by atoms with E-state index in [1.165, 1.54) is 0 Å². The van der Waals surface area contributed by atoms with Gasteiger partial charge in [0.25, 0.3) is 0 Å². The van der Waals surface area contributed by atoms with Gasteiger partial charge in [0, 0.05) is 22.3 Å². The van der Waals surface area contributed by atoms with Gasteiger partial charge in [-0.1, -0.05) is 19.4 Å². The summed E-state index contributed by atoms with van der Waals surface area (Å²) in [5.41, 5.74) is 2.69. The Labute approximate surface area is 109 Å². The molecule has 0 atom stereocenters. The van der Waals surface area contributed by atoms with E-state index in [-0.39, 0.29) is 11.6 Å². The summed E-state index contributed by atoms with van der Waals surface area (Å²) in [6.07, 6.45) is 5.86. The summed E-state index contributed by atoms with van der Waals surface area (Å²) >= 11 is 0. The molecule has 98 valence electrons. The Kier molecular flexibility index (Phi) is 5.26. The van der Waals surface area contributed by atoms with Crippen molar-refractivity contribution in [1.82, 2.24) is 0 Å². The Hall–Kier alpha value is -1.44. The van der Waals surface area contributed by atoms with Crippen LogP contribution in [0.15, 0.2) is 34.9 Å². The first-order valence-corrected chi connectivity index (χ1v) is 6.64. The van der Waals surface area contributed by atoms with Crippen LogP contribution >= 0.6 is 0 Å². The van der Waals surface area contributed by atoms with E-state index in [0.29, 0.717) is 23.1 Å². The first kappa shape index (κ1) is 14.6. The predicted molar refractivity (Wildman–Crippen MR) is 74.4 cm³/mol. The second-order valence-corrected chi connectivity index (χ2v) is 4.80. The number of carbonyl (C=O) groups excluding carboxylic acids is 2. The third-order valence-corrected chi connectivity index (χ3v) is 3.51. The smallest absolute Gasteiger partial charge is 0.185 e. The van der Waals surface area contributed by atoms with Crippen molar-refractivity contribution in [1.29, 1.82) is 0 Å². The van der Waals surface area contributed by atoms with E-state index in [4.69, 9.17) is 0 Å². The fourth-order valence-corrected chi connectivity index (χ4v) is 2.28. The van der Waals surface area contributed by atoms with Crippen molar-refractivity contribution in [2.24, 2.45) is 0 Å². The standard InChI is InChI=1S/C16H22O2/c1-5-7-9-13-11(3)15(17)12(4)14(16(13)18)10-8-6-2/h5H,1,6-10H2,2-4H3. The highest BCUT2D eigenvalue weighted by Crippen LogP contribution is 2.29. The molecule has 18 heavy (non-hydrogen) atoms. The van der Waals surface area contributed by atoms with Crippen molar-refractivity contribution in [2.75, 3.05) is 0 Å². The molecule has 0 aliphatic heterocycles. The molecule has 0 heterocycles. The monoisotopic (exact) mass is 246 g/mol. The molecular weight excluding hydrogens is 224 g/mol. The third kappa shape index (κ3) is 2.87. The van der Waals surface area contributed by atoms with Crippen molar-refractivity contribution in [3.8, 4) is 0 Å². The second kappa shape index (κ2) is 6.48. The van der Waals surface area contributed by atoms with Crippen molar-refractivity contribution in [3.05, 3.63) is 34.9 Å². The maximum atomic E-state index is 12.4. The second-order valence-electron chi connectivity index (χ2n) is 4.80. The summed E-state index contributed by atoms with van der Waals surface area (Å²) in [6, 6.07) is 0. The fourth-order valence-electron chi connectivity index (χ4n) is 2.28. The lowest BCUT2D eigenvalue weighted by molar-refractivity contribution is -0.116. The number of Topliss-reactive ketones (excluding diaryl/α,β-unsaturated/α-hetero) is 2. The molecule has 0 fully saturated rings. The van der Waals surface area contributed by atoms with Gasteiger partial charge in [0.15, 0.2) is 11.6 Å². The summed E-state index contributed by atoms with van der Waals surface area (Å²) in [6.45, 7) is 9.29. The van der Waals surface area contributed by atoms with Crippen LogP contribution in [0.25, 0.3) is 0 Å². The van der Waals surface area contributed by atoms with Crippen LogP contribution in [0.2, 0.25) is 0 Å². The number of carbonyl (C=O) groups is 2. The molecule has 1 rings (SSSR count). The molecule has 2 heteroatoms. The number of hydrogen-bond acceptors (Lipinski definition) is 2. The normalized spacial score (nSPS) is 16.6. The van der Waals surface area contributed by atoms with Gasteiger partial charge in [-0.05, 0) is 39.5 Å². The molecule has 0 aromatic carbocycles. The molecule has 0 radical (unpaired) electrons. The molecule has 0 unspecified atom stereocenters. The Morgan fingerprint density at radius 3 is 2.06 bits per heavy atom. The van der Waals surface area contributed by atoms with Gasteiger partial charge in [0.05, 0.1) is 0 Å². The first-order valence-electron chi connectivity index (χ1n) is 6.64. The fraction of sp³-hybridized carbons (Fsp3) is 0.500. The molecule has 0 saturated carbocycles. The van der Waals surface area contributed by atoms with Crippen molar-refractivity contribution in [2.45, 2.75) is 52.9 Å². The van der Waals surface area contributed by atoms with Gasteiger partial charge >= 0.3 is 0 Å². The Bertz CT molecular complexity index is 436. The van der Waals surface area contributed by atoms with Gasteiger partial charge < -0.3 is 0 Å². The van der Waals surface area contributed by atoms with Gasteiger partial charge in [-0.15, -0.1) is 6.58 Å². The molecule has 1 aliphatic rings. The quantitative estimate of drug-likeness (QED) is 0.525. The van der Waals surface area contributed by atoms with E-state index < -0.39 is 0 Å². The summed E-state index contributed by atoms with van der Waals surface area (Å²) < 4.78 is 0. The number of ketones is 2. The van der Waals surface area contributed by atoms with Gasteiger partial charge in [0.1, 0.15) is 0 Å². The van der Waals surface area contributed by atoms with Gasteiger partial charge in [-0.25, -0.2) is 0 Å². The molecule has 0 N–H and O–H groups in total. The molecule has 0 saturated heterocycles. The third-order valence-electron chi connectivity index (χ3n) is 3.51. The van der Waals surface area contributed by atoms with Crippen molar-refractivity contribution >= 4 is 11.6 Å². The van der Waals surface area contributed by atoms with Gasteiger partial charge in [-0.3, -0.25) is 9.59 Å². The highest BCUT2D eigenvalue weighted by Gasteiger charge is 2.28. The predicted octanol–water partition coefficient (Wildman–Crippen LogP) is 3.93. The molecule has 0 aromatic rings. The SMILES string of the molecule is C=CCCC1=C(C)C(=O)C(C)=C(CCCC)C1=O. The Balaban J connectivity index is 3.04. The maximum Gasteiger partial charge on any atom is 0.185 e. The molecule has 2 nitrogen and oxygen atoms in total. The highest BCUT2D eigenvalue weighted by atomic mass is 16.1. The van der Waals surface area contributed by atoms with Gasteiger partial charge in [-0.2, -0.15) is 0 Å². The van der Waals surface area contributed by atoms with Crippen LogP contribution in [-0.4, -0.2) is 11.6 Å². The minimum Gasteiger partial charge on any atom is -0.289 e. The summed E-state index contributed by atoms with van der Waals surface area (Å²) in [5.74, 6) is 0.125. The van der Waals surface area contributed by atoms with E-state index in [1.54, 1.807) is 19.9 Å². The number of rotatable bonds is 6. The number of unbranched alkanes of at least 4 members (excludes halogenated alkanes) is 1. The van der Waals surface area contributed by atoms with E-state index in [9.17, 15) is 9.59 Å². The van der Waals surface area contributed by atoms with Crippen LogP contribution in [0.3, 0.4) is 0 Å². The van der Waals surface area contributed by atoms with Crippen LogP contribution in [0, 0.1) is 0 Å². The van der Waals surface area contributed by atoms with Crippen LogP contribution < -0.4 is 0 Å². The maximum absolute atomic E-state index is 12.4. The molecular formula is C16H22O2. The lowest BCUT2D eigenvalue weighted by Crippen LogP contribution is -2.22. The zero-order valence-corrected chi connectivity index (χ0v) is 11.6. The van der Waals surface area contributed by atoms with Gasteiger partial charge in [0.2, 0.25) is 0 Å². The summed E-state index contributed by atoms with van der Waals surface area (Å²) in [7, 11) is 0. The van der Waals surface area contributed by atoms with Crippen molar-refractivity contribution in [3.63, 3.8) is 0 Å². The zero-order valence-electron chi connectivity index (χ0n) is 11.6. The van der Waals surface area contributed by atoms with Crippen LogP contribution in [-0.2, 0) is 9.59 Å². The average Bonchev–Trinajstić information content (AvgIpc) is 2.36. The van der Waals surface area contributed by atoms with E-state index in [0.717, 1.165) is 31.3 Å². The Morgan fingerprint density at radius 1 is 1.00 bits per heavy atom. The highest BCUT2D eigenvalue weighted by molar-refractivity contribution is 6.24. The lowest BCUT2D eigenvalue weighted by atomic mass is 9.81. The summed E-state index contributed by atoms with van der Waals surface area (Å²) in [5, 5.41) is 0. The minimum absolute atomic E-state index is 0.0414. The molecule has 0 aromatic heterocycles. The molecule has 1 aliphatic carbocycles.